The van der Waals surface area contributed by atoms with Crippen LogP contribution < -0.4 is 9.47 Å². The molecule has 3 aromatic rings. The third-order valence-electron chi connectivity index (χ3n) is 7.73. The SMILES string of the molecule is c1ccc2c(c1)CC(c1ccc(OCCCOCC3CO3)cc1)(c1ccc(OCCCOCC3CO3)cc1)C2. The van der Waals surface area contributed by atoms with Gasteiger partial charge in [-0.25, -0.2) is 0 Å². The van der Waals surface area contributed by atoms with Gasteiger partial charge in [-0.1, -0.05) is 48.5 Å². The van der Waals surface area contributed by atoms with Crippen molar-refractivity contribution < 1.29 is 28.4 Å². The van der Waals surface area contributed by atoms with Gasteiger partial charge in [0.25, 0.3) is 0 Å². The van der Waals surface area contributed by atoms with E-state index < -0.39 is 0 Å². The van der Waals surface area contributed by atoms with Gasteiger partial charge in [0.15, 0.2) is 0 Å². The molecule has 0 amide bonds. The minimum Gasteiger partial charge on any atom is -0.494 e. The molecule has 0 bridgehead atoms. The molecule has 3 aliphatic rings. The van der Waals surface area contributed by atoms with Crippen LogP contribution in [0, 0.1) is 0 Å². The van der Waals surface area contributed by atoms with E-state index in [1.807, 2.05) is 0 Å². The monoisotopic (exact) mass is 530 g/mol. The van der Waals surface area contributed by atoms with E-state index in [2.05, 4.69) is 72.8 Å². The molecule has 6 heteroatoms. The highest BCUT2D eigenvalue weighted by Gasteiger charge is 2.40. The van der Waals surface area contributed by atoms with Gasteiger partial charge >= 0.3 is 0 Å². The van der Waals surface area contributed by atoms with Crippen LogP contribution in [0.2, 0.25) is 0 Å². The lowest BCUT2D eigenvalue weighted by Crippen LogP contribution is -2.28. The standard InChI is InChI=1S/C33H38O6/c1-2-6-26-20-33(19-25(26)5-1,27-7-11-29(12-8-27)36-17-3-15-34-21-31-23-38-31)28-9-13-30(14-10-28)37-18-4-16-35-22-32-24-39-32/h1-2,5-14,31-32H,3-4,15-24H2. The third kappa shape index (κ3) is 7.00. The number of rotatable bonds is 16. The molecule has 3 aromatic carbocycles. The minimum atomic E-state index is -0.113. The lowest BCUT2D eigenvalue weighted by molar-refractivity contribution is 0.104. The summed E-state index contributed by atoms with van der Waals surface area (Å²) in [5.41, 5.74) is 5.35. The fourth-order valence-corrected chi connectivity index (χ4v) is 5.39. The maximum Gasteiger partial charge on any atom is 0.119 e. The van der Waals surface area contributed by atoms with Crippen LogP contribution in [0.5, 0.6) is 11.5 Å². The van der Waals surface area contributed by atoms with Gasteiger partial charge in [-0.3, -0.25) is 0 Å². The van der Waals surface area contributed by atoms with Crippen molar-refractivity contribution in [2.45, 2.75) is 43.3 Å². The molecule has 0 aromatic heterocycles. The fraction of sp³-hybridized carbons (Fsp3) is 0.455. The summed E-state index contributed by atoms with van der Waals surface area (Å²) in [4.78, 5) is 0. The number of hydrogen-bond donors (Lipinski definition) is 0. The second-order valence-corrected chi connectivity index (χ2v) is 10.7. The second kappa shape index (κ2) is 12.5. The molecule has 39 heavy (non-hydrogen) atoms. The molecule has 2 heterocycles. The number of benzene rings is 3. The van der Waals surface area contributed by atoms with E-state index in [-0.39, 0.29) is 5.41 Å². The Morgan fingerprint density at radius 2 is 1.03 bits per heavy atom. The fourth-order valence-electron chi connectivity index (χ4n) is 5.39. The van der Waals surface area contributed by atoms with Crippen LogP contribution in [0.15, 0.2) is 72.8 Å². The summed E-state index contributed by atoms with van der Waals surface area (Å²) in [6.07, 6.45) is 4.32. The third-order valence-corrected chi connectivity index (χ3v) is 7.73. The Balaban J connectivity index is 1.08. The highest BCUT2D eigenvalue weighted by Crippen LogP contribution is 2.45. The van der Waals surface area contributed by atoms with Crippen LogP contribution >= 0.6 is 0 Å². The molecule has 2 fully saturated rings. The topological polar surface area (TPSA) is 62.0 Å². The number of hydrogen-bond acceptors (Lipinski definition) is 6. The summed E-state index contributed by atoms with van der Waals surface area (Å²) in [6.45, 7) is 5.73. The van der Waals surface area contributed by atoms with Gasteiger partial charge in [0, 0.05) is 31.5 Å². The molecule has 0 saturated carbocycles. The zero-order chi connectivity index (χ0) is 26.3. The van der Waals surface area contributed by atoms with Crippen molar-refractivity contribution in [1.29, 1.82) is 0 Å². The van der Waals surface area contributed by atoms with E-state index in [4.69, 9.17) is 28.4 Å². The quantitative estimate of drug-likeness (QED) is 0.189. The lowest BCUT2D eigenvalue weighted by Gasteiger charge is -2.31. The van der Waals surface area contributed by atoms with Gasteiger partial charge < -0.3 is 28.4 Å². The van der Waals surface area contributed by atoms with Crippen LogP contribution in [0.1, 0.15) is 35.1 Å². The van der Waals surface area contributed by atoms with Crippen molar-refractivity contribution in [3.63, 3.8) is 0 Å². The van der Waals surface area contributed by atoms with Crippen LogP contribution in [-0.4, -0.2) is 65.1 Å². The first-order chi connectivity index (χ1) is 19.3. The predicted molar refractivity (Wildman–Crippen MR) is 149 cm³/mol. The summed E-state index contributed by atoms with van der Waals surface area (Å²) >= 11 is 0. The minimum absolute atomic E-state index is 0.113. The smallest absolute Gasteiger partial charge is 0.119 e. The Morgan fingerprint density at radius 3 is 1.44 bits per heavy atom. The van der Waals surface area contributed by atoms with E-state index in [9.17, 15) is 0 Å². The number of epoxide rings is 2. The van der Waals surface area contributed by atoms with Gasteiger partial charge in [-0.2, -0.15) is 0 Å². The van der Waals surface area contributed by atoms with Gasteiger partial charge in [-0.05, 0) is 59.4 Å². The van der Waals surface area contributed by atoms with Crippen molar-refractivity contribution in [3.8, 4) is 11.5 Å². The van der Waals surface area contributed by atoms with Crippen molar-refractivity contribution in [3.05, 3.63) is 95.1 Å². The van der Waals surface area contributed by atoms with E-state index in [0.717, 1.165) is 50.4 Å². The first-order valence-corrected chi connectivity index (χ1v) is 14.2. The average Bonchev–Trinajstić information content (AvgIpc) is 3.91. The molecule has 2 aliphatic heterocycles. The summed E-state index contributed by atoms with van der Waals surface area (Å²) in [5.74, 6) is 1.79. The van der Waals surface area contributed by atoms with E-state index in [1.54, 1.807) is 0 Å². The van der Waals surface area contributed by atoms with Crippen LogP contribution in [0.3, 0.4) is 0 Å². The van der Waals surface area contributed by atoms with E-state index in [0.29, 0.717) is 51.8 Å². The van der Waals surface area contributed by atoms with Crippen molar-refractivity contribution in [2.75, 3.05) is 52.9 Å². The Hall–Kier alpha value is -2.90. The van der Waals surface area contributed by atoms with Crippen molar-refractivity contribution in [1.82, 2.24) is 0 Å². The van der Waals surface area contributed by atoms with Crippen LogP contribution in [0.4, 0.5) is 0 Å². The van der Waals surface area contributed by atoms with E-state index in [1.165, 1.54) is 22.3 Å². The summed E-state index contributed by atoms with van der Waals surface area (Å²) in [7, 11) is 0. The van der Waals surface area contributed by atoms with Gasteiger partial charge in [0.2, 0.25) is 0 Å². The normalized spacial score (nSPS) is 20.4. The highest BCUT2D eigenvalue weighted by molar-refractivity contribution is 5.51. The molecular weight excluding hydrogens is 492 g/mol. The molecule has 1 aliphatic carbocycles. The molecule has 2 unspecified atom stereocenters. The molecular formula is C33H38O6. The Bertz CT molecular complexity index is 1090. The predicted octanol–water partition coefficient (Wildman–Crippen LogP) is 5.14. The van der Waals surface area contributed by atoms with Gasteiger partial charge in [0.1, 0.15) is 23.7 Å². The molecule has 0 N–H and O–H groups in total. The molecule has 0 spiro atoms. The molecule has 2 saturated heterocycles. The van der Waals surface area contributed by atoms with Gasteiger partial charge in [0.05, 0.1) is 39.6 Å². The largest absolute Gasteiger partial charge is 0.494 e. The van der Waals surface area contributed by atoms with Gasteiger partial charge in [-0.15, -0.1) is 0 Å². The summed E-state index contributed by atoms with van der Waals surface area (Å²) in [6, 6.07) is 26.2. The molecule has 6 nitrogen and oxygen atoms in total. The Labute approximate surface area is 231 Å². The lowest BCUT2D eigenvalue weighted by atomic mass is 9.72. The van der Waals surface area contributed by atoms with Crippen molar-refractivity contribution in [2.24, 2.45) is 0 Å². The maximum atomic E-state index is 6.00. The number of fused-ring (bicyclic) bond motifs is 1. The van der Waals surface area contributed by atoms with Crippen LogP contribution in [0.25, 0.3) is 0 Å². The highest BCUT2D eigenvalue weighted by atomic mass is 16.6. The molecule has 2 atom stereocenters. The first kappa shape index (κ1) is 26.3. The zero-order valence-electron chi connectivity index (χ0n) is 22.5. The second-order valence-electron chi connectivity index (χ2n) is 10.7. The number of ether oxygens (including phenoxy) is 6. The summed E-state index contributed by atoms with van der Waals surface area (Å²) < 4.78 is 33.5. The molecule has 6 rings (SSSR count). The van der Waals surface area contributed by atoms with Crippen molar-refractivity contribution >= 4 is 0 Å². The maximum absolute atomic E-state index is 6.00. The Kier molecular flexibility index (Phi) is 8.45. The summed E-state index contributed by atoms with van der Waals surface area (Å²) in [5, 5.41) is 0. The van der Waals surface area contributed by atoms with E-state index >= 15 is 0 Å². The van der Waals surface area contributed by atoms with Crippen LogP contribution in [-0.2, 0) is 37.2 Å². The Morgan fingerprint density at radius 1 is 0.590 bits per heavy atom. The molecule has 206 valence electrons. The molecule has 0 radical (unpaired) electrons. The zero-order valence-corrected chi connectivity index (χ0v) is 22.5. The first-order valence-electron chi connectivity index (χ1n) is 14.2. The average molecular weight is 531 g/mol.